The first-order chi connectivity index (χ1) is 9.83. The summed E-state index contributed by atoms with van der Waals surface area (Å²) in [5.74, 6) is 0.534. The van der Waals surface area contributed by atoms with Crippen LogP contribution in [0.15, 0.2) is 48.5 Å². The van der Waals surface area contributed by atoms with Crippen molar-refractivity contribution in [3.63, 3.8) is 0 Å². The fraction of sp³-hybridized carbons (Fsp3) is 0.333. The predicted molar refractivity (Wildman–Crippen MR) is 80.8 cm³/mol. The molecule has 1 N–H and O–H groups in total. The minimum atomic E-state index is 0.247. The highest BCUT2D eigenvalue weighted by Crippen LogP contribution is 2.49. The lowest BCUT2D eigenvalue weighted by Gasteiger charge is -2.36. The van der Waals surface area contributed by atoms with E-state index in [-0.39, 0.29) is 6.10 Å². The Bertz CT molecular complexity index is 623. The largest absolute Gasteiger partial charge is 0.378 e. The van der Waals surface area contributed by atoms with Crippen molar-refractivity contribution in [2.24, 2.45) is 5.92 Å². The van der Waals surface area contributed by atoms with E-state index in [1.165, 1.54) is 22.4 Å². The number of anilines is 1. The van der Waals surface area contributed by atoms with E-state index in [1.807, 2.05) is 0 Å². The molecule has 1 saturated heterocycles. The van der Waals surface area contributed by atoms with Crippen molar-refractivity contribution in [1.82, 2.24) is 0 Å². The zero-order valence-corrected chi connectivity index (χ0v) is 11.7. The molecule has 0 spiro atoms. The van der Waals surface area contributed by atoms with Crippen LogP contribution in [0, 0.1) is 12.8 Å². The standard InChI is InChI=1S/C18H19NO/c1-12-7-8-16-15(11-12)18-14(9-10-20-18)17(19-16)13-5-3-2-4-6-13/h2-8,11,14,17-19H,9-10H2,1H3/t14?,17-,18?/m0/s1. The first-order valence-electron chi connectivity index (χ1n) is 7.36. The van der Waals surface area contributed by atoms with Gasteiger partial charge < -0.3 is 10.1 Å². The summed E-state index contributed by atoms with van der Waals surface area (Å²) in [5.41, 5.74) is 5.23. The van der Waals surface area contributed by atoms with E-state index >= 15 is 0 Å². The number of benzene rings is 2. The number of fused-ring (bicyclic) bond motifs is 3. The van der Waals surface area contributed by atoms with Crippen molar-refractivity contribution in [1.29, 1.82) is 0 Å². The van der Waals surface area contributed by atoms with Gasteiger partial charge in [-0.05, 0) is 25.0 Å². The zero-order chi connectivity index (χ0) is 13.5. The third-order valence-corrected chi connectivity index (χ3v) is 4.55. The lowest BCUT2D eigenvalue weighted by molar-refractivity contribution is 0.0829. The van der Waals surface area contributed by atoms with Crippen LogP contribution in [0.1, 0.15) is 35.3 Å². The fourth-order valence-corrected chi connectivity index (χ4v) is 3.58. The van der Waals surface area contributed by atoms with Crippen LogP contribution < -0.4 is 5.32 Å². The van der Waals surface area contributed by atoms with Crippen molar-refractivity contribution in [3.8, 4) is 0 Å². The van der Waals surface area contributed by atoms with Gasteiger partial charge in [0.1, 0.15) is 0 Å². The Morgan fingerprint density at radius 2 is 1.95 bits per heavy atom. The molecule has 3 atom stereocenters. The molecule has 0 saturated carbocycles. The molecule has 2 aliphatic rings. The van der Waals surface area contributed by atoms with Gasteiger partial charge >= 0.3 is 0 Å². The summed E-state index contributed by atoms with van der Waals surface area (Å²) in [6, 6.07) is 17.7. The van der Waals surface area contributed by atoms with E-state index in [4.69, 9.17) is 4.74 Å². The Labute approximate surface area is 119 Å². The minimum Gasteiger partial charge on any atom is -0.378 e. The van der Waals surface area contributed by atoms with E-state index < -0.39 is 0 Å². The van der Waals surface area contributed by atoms with Crippen LogP contribution in [0.4, 0.5) is 5.69 Å². The number of rotatable bonds is 1. The second-order valence-electron chi connectivity index (χ2n) is 5.87. The van der Waals surface area contributed by atoms with Gasteiger partial charge in [-0.15, -0.1) is 0 Å². The average Bonchev–Trinajstić information content (AvgIpc) is 2.97. The van der Waals surface area contributed by atoms with Crippen LogP contribution in [0.2, 0.25) is 0 Å². The number of hydrogen-bond donors (Lipinski definition) is 1. The van der Waals surface area contributed by atoms with Gasteiger partial charge in [0.2, 0.25) is 0 Å². The number of hydrogen-bond acceptors (Lipinski definition) is 2. The van der Waals surface area contributed by atoms with Gasteiger partial charge in [-0.2, -0.15) is 0 Å². The number of aryl methyl sites for hydroxylation is 1. The zero-order valence-electron chi connectivity index (χ0n) is 11.7. The lowest BCUT2D eigenvalue weighted by Crippen LogP contribution is -2.29. The normalized spacial score (nSPS) is 27.6. The van der Waals surface area contributed by atoms with E-state index in [2.05, 4.69) is 60.8 Å². The summed E-state index contributed by atoms with van der Waals surface area (Å²) in [6.45, 7) is 3.02. The molecule has 1 fully saturated rings. The minimum absolute atomic E-state index is 0.247. The molecule has 2 heterocycles. The van der Waals surface area contributed by atoms with Gasteiger partial charge in [0.15, 0.2) is 0 Å². The maximum Gasteiger partial charge on any atom is 0.0896 e. The second-order valence-corrected chi connectivity index (χ2v) is 5.87. The molecule has 2 heteroatoms. The highest BCUT2D eigenvalue weighted by atomic mass is 16.5. The van der Waals surface area contributed by atoms with Gasteiger partial charge in [-0.3, -0.25) is 0 Å². The maximum atomic E-state index is 6.05. The Balaban J connectivity index is 1.79. The van der Waals surface area contributed by atoms with E-state index in [0.717, 1.165) is 13.0 Å². The van der Waals surface area contributed by atoms with Crippen LogP contribution in [0.3, 0.4) is 0 Å². The summed E-state index contributed by atoms with van der Waals surface area (Å²) in [6.07, 6.45) is 1.38. The lowest BCUT2D eigenvalue weighted by atomic mass is 9.81. The summed E-state index contributed by atoms with van der Waals surface area (Å²) >= 11 is 0. The Kier molecular flexibility index (Phi) is 2.78. The van der Waals surface area contributed by atoms with Crippen molar-refractivity contribution in [2.75, 3.05) is 11.9 Å². The van der Waals surface area contributed by atoms with Crippen molar-refractivity contribution in [3.05, 3.63) is 65.2 Å². The monoisotopic (exact) mass is 265 g/mol. The molecule has 2 unspecified atom stereocenters. The molecular formula is C18H19NO. The Hall–Kier alpha value is -1.80. The van der Waals surface area contributed by atoms with Crippen LogP contribution in [-0.4, -0.2) is 6.61 Å². The summed E-state index contributed by atoms with van der Waals surface area (Å²) in [4.78, 5) is 0. The van der Waals surface area contributed by atoms with Gasteiger partial charge in [0.05, 0.1) is 12.1 Å². The smallest absolute Gasteiger partial charge is 0.0896 e. The number of ether oxygens (including phenoxy) is 1. The molecule has 2 nitrogen and oxygen atoms in total. The number of nitrogens with one attached hydrogen (secondary N) is 1. The van der Waals surface area contributed by atoms with E-state index in [9.17, 15) is 0 Å². The SMILES string of the molecule is Cc1ccc2c(c1)C1OCCC1[C@H](c1ccccc1)N2. The molecule has 2 aromatic rings. The molecule has 0 amide bonds. The van der Waals surface area contributed by atoms with Crippen molar-refractivity contribution >= 4 is 5.69 Å². The van der Waals surface area contributed by atoms with Crippen molar-refractivity contribution < 1.29 is 4.74 Å². The Morgan fingerprint density at radius 3 is 2.80 bits per heavy atom. The van der Waals surface area contributed by atoms with E-state index in [1.54, 1.807) is 0 Å². The summed E-state index contributed by atoms with van der Waals surface area (Å²) in [7, 11) is 0. The molecule has 4 rings (SSSR count). The summed E-state index contributed by atoms with van der Waals surface area (Å²) in [5, 5.41) is 3.73. The van der Waals surface area contributed by atoms with Crippen LogP contribution in [-0.2, 0) is 4.74 Å². The first-order valence-corrected chi connectivity index (χ1v) is 7.36. The highest BCUT2D eigenvalue weighted by Gasteiger charge is 2.41. The van der Waals surface area contributed by atoms with Gasteiger partial charge in [0, 0.05) is 23.8 Å². The van der Waals surface area contributed by atoms with Gasteiger partial charge in [-0.1, -0.05) is 48.0 Å². The molecule has 0 aromatic heterocycles. The van der Waals surface area contributed by atoms with Crippen LogP contribution in [0.5, 0.6) is 0 Å². The molecule has 102 valence electrons. The second kappa shape index (κ2) is 4.64. The van der Waals surface area contributed by atoms with Crippen LogP contribution in [0.25, 0.3) is 0 Å². The average molecular weight is 265 g/mol. The fourth-order valence-electron chi connectivity index (χ4n) is 3.58. The molecule has 0 aliphatic carbocycles. The summed E-state index contributed by atoms with van der Waals surface area (Å²) < 4.78 is 6.05. The topological polar surface area (TPSA) is 21.3 Å². The predicted octanol–water partition coefficient (Wildman–Crippen LogP) is 4.24. The molecule has 0 radical (unpaired) electrons. The molecular weight excluding hydrogens is 246 g/mol. The maximum absolute atomic E-state index is 6.05. The molecule has 2 aliphatic heterocycles. The van der Waals surface area contributed by atoms with Crippen LogP contribution >= 0.6 is 0 Å². The molecule has 0 bridgehead atoms. The van der Waals surface area contributed by atoms with Gasteiger partial charge in [0.25, 0.3) is 0 Å². The first kappa shape index (κ1) is 12.0. The van der Waals surface area contributed by atoms with Gasteiger partial charge in [-0.25, -0.2) is 0 Å². The third-order valence-electron chi connectivity index (χ3n) is 4.55. The quantitative estimate of drug-likeness (QED) is 0.832. The van der Waals surface area contributed by atoms with Crippen molar-refractivity contribution in [2.45, 2.75) is 25.5 Å². The van der Waals surface area contributed by atoms with E-state index in [0.29, 0.717) is 12.0 Å². The third kappa shape index (κ3) is 1.83. The molecule has 20 heavy (non-hydrogen) atoms. The highest BCUT2D eigenvalue weighted by molar-refractivity contribution is 5.58. The molecule has 2 aromatic carbocycles. The Morgan fingerprint density at radius 1 is 1.10 bits per heavy atom.